The molecule has 4 rings (SSSR count). The first kappa shape index (κ1) is 21.7. The molecule has 0 aliphatic heterocycles. The third-order valence-corrected chi connectivity index (χ3v) is 5.59. The number of nitrogens with one attached hydrogen (secondary N) is 2. The minimum absolute atomic E-state index is 0.258. The standard InChI is InChI=1S/C25H30N4O3/c1-26-25(28-17-20-15-23(32-29-20)18-9-4-3-5-10-18)27-16-19-11-8-14-22(30-2)24(19)31-21-12-6-7-13-21/h3-5,8-11,14-15,21H,6-7,12-13,16-17H2,1-2H3,(H2,26,27,28). The minimum Gasteiger partial charge on any atom is -0.493 e. The number of rotatable bonds is 8. The fraction of sp³-hybridized carbons (Fsp3) is 0.360. The summed E-state index contributed by atoms with van der Waals surface area (Å²) in [5.41, 5.74) is 2.84. The summed E-state index contributed by atoms with van der Waals surface area (Å²) in [4.78, 5) is 4.32. The van der Waals surface area contributed by atoms with Gasteiger partial charge in [0.05, 0.1) is 19.8 Å². The van der Waals surface area contributed by atoms with Gasteiger partial charge in [0.15, 0.2) is 23.2 Å². The number of benzene rings is 2. The maximum absolute atomic E-state index is 6.32. The molecule has 7 nitrogen and oxygen atoms in total. The lowest BCUT2D eigenvalue weighted by Gasteiger charge is -2.20. The van der Waals surface area contributed by atoms with Gasteiger partial charge in [-0.05, 0) is 31.7 Å². The fourth-order valence-electron chi connectivity index (χ4n) is 3.88. The molecule has 2 N–H and O–H groups in total. The molecule has 0 atom stereocenters. The highest BCUT2D eigenvalue weighted by atomic mass is 16.5. The van der Waals surface area contributed by atoms with Crippen molar-refractivity contribution in [3.8, 4) is 22.8 Å². The van der Waals surface area contributed by atoms with Crippen LogP contribution in [0, 0.1) is 0 Å². The van der Waals surface area contributed by atoms with E-state index in [2.05, 4.69) is 26.8 Å². The zero-order valence-corrected chi connectivity index (χ0v) is 18.6. The Kier molecular flexibility index (Phi) is 7.27. The summed E-state index contributed by atoms with van der Waals surface area (Å²) in [6.45, 7) is 1.06. The van der Waals surface area contributed by atoms with Crippen LogP contribution in [0.2, 0.25) is 0 Å². The molecule has 7 heteroatoms. The Labute approximate surface area is 188 Å². The van der Waals surface area contributed by atoms with Crippen molar-refractivity contribution >= 4 is 5.96 Å². The zero-order chi connectivity index (χ0) is 22.2. The first-order valence-electron chi connectivity index (χ1n) is 11.0. The largest absolute Gasteiger partial charge is 0.493 e. The Bertz CT molecular complexity index is 1030. The van der Waals surface area contributed by atoms with E-state index in [0.717, 1.165) is 46.9 Å². The summed E-state index contributed by atoms with van der Waals surface area (Å²) in [5.74, 6) is 2.99. The molecule has 1 aromatic heterocycles. The molecule has 1 saturated carbocycles. The van der Waals surface area contributed by atoms with Gasteiger partial charge in [-0.2, -0.15) is 0 Å². The van der Waals surface area contributed by atoms with Crippen LogP contribution in [0.4, 0.5) is 0 Å². The Balaban J connectivity index is 1.36. The molecule has 0 radical (unpaired) electrons. The molecular formula is C25H30N4O3. The van der Waals surface area contributed by atoms with Gasteiger partial charge >= 0.3 is 0 Å². The number of para-hydroxylation sites is 1. The van der Waals surface area contributed by atoms with Crippen molar-refractivity contribution in [2.24, 2.45) is 4.99 Å². The molecule has 1 fully saturated rings. The van der Waals surface area contributed by atoms with Gasteiger partial charge in [0, 0.05) is 30.8 Å². The number of ether oxygens (including phenoxy) is 2. The van der Waals surface area contributed by atoms with Gasteiger partial charge in [0.25, 0.3) is 0 Å². The molecule has 0 unspecified atom stereocenters. The lowest BCUT2D eigenvalue weighted by Crippen LogP contribution is -2.36. The molecular weight excluding hydrogens is 404 g/mol. The Morgan fingerprint density at radius 3 is 2.59 bits per heavy atom. The summed E-state index contributed by atoms with van der Waals surface area (Å²) in [5, 5.41) is 10.8. The lowest BCUT2D eigenvalue weighted by molar-refractivity contribution is 0.198. The van der Waals surface area contributed by atoms with Gasteiger partial charge in [-0.25, -0.2) is 0 Å². The normalized spacial score (nSPS) is 14.4. The van der Waals surface area contributed by atoms with Gasteiger partial charge in [-0.15, -0.1) is 0 Å². The third kappa shape index (κ3) is 5.41. The van der Waals surface area contributed by atoms with Crippen LogP contribution in [0.25, 0.3) is 11.3 Å². The van der Waals surface area contributed by atoms with E-state index in [-0.39, 0.29) is 6.10 Å². The first-order chi connectivity index (χ1) is 15.8. The first-order valence-corrected chi connectivity index (χ1v) is 11.0. The van der Waals surface area contributed by atoms with Gasteiger partial charge < -0.3 is 24.6 Å². The highest BCUT2D eigenvalue weighted by molar-refractivity contribution is 5.79. The van der Waals surface area contributed by atoms with Crippen molar-refractivity contribution in [2.45, 2.75) is 44.9 Å². The highest BCUT2D eigenvalue weighted by Crippen LogP contribution is 2.34. The quantitative estimate of drug-likeness (QED) is 0.400. The number of guanidine groups is 1. The second kappa shape index (κ2) is 10.7. The number of aliphatic imine (C=N–C) groups is 1. The van der Waals surface area contributed by atoms with E-state index in [1.807, 2.05) is 48.5 Å². The van der Waals surface area contributed by atoms with Crippen molar-refractivity contribution < 1.29 is 14.0 Å². The second-order valence-corrected chi connectivity index (χ2v) is 7.80. The van der Waals surface area contributed by atoms with Gasteiger partial charge in [-0.3, -0.25) is 4.99 Å². The number of nitrogens with zero attached hydrogens (tertiary/aromatic N) is 2. The summed E-state index contributed by atoms with van der Waals surface area (Å²) < 4.78 is 17.3. The smallest absolute Gasteiger partial charge is 0.191 e. The van der Waals surface area contributed by atoms with Crippen LogP contribution in [0.15, 0.2) is 64.1 Å². The minimum atomic E-state index is 0.258. The number of hydrogen-bond acceptors (Lipinski definition) is 5. The van der Waals surface area contributed by atoms with Crippen molar-refractivity contribution in [1.29, 1.82) is 0 Å². The maximum atomic E-state index is 6.32. The van der Waals surface area contributed by atoms with E-state index in [4.69, 9.17) is 14.0 Å². The Morgan fingerprint density at radius 2 is 1.84 bits per heavy atom. The fourth-order valence-corrected chi connectivity index (χ4v) is 3.88. The molecule has 3 aromatic rings. The van der Waals surface area contributed by atoms with E-state index >= 15 is 0 Å². The van der Waals surface area contributed by atoms with Crippen LogP contribution in [0.1, 0.15) is 36.9 Å². The third-order valence-electron chi connectivity index (χ3n) is 5.59. The van der Waals surface area contributed by atoms with E-state index in [0.29, 0.717) is 19.0 Å². The van der Waals surface area contributed by atoms with Gasteiger partial charge in [-0.1, -0.05) is 47.6 Å². The summed E-state index contributed by atoms with van der Waals surface area (Å²) in [7, 11) is 3.42. The molecule has 1 aliphatic carbocycles. The molecule has 0 amide bonds. The molecule has 32 heavy (non-hydrogen) atoms. The lowest BCUT2D eigenvalue weighted by atomic mass is 10.1. The highest BCUT2D eigenvalue weighted by Gasteiger charge is 2.20. The molecule has 2 aromatic carbocycles. The van der Waals surface area contributed by atoms with Crippen LogP contribution in [-0.4, -0.2) is 31.4 Å². The molecule has 1 aliphatic rings. The molecule has 0 bridgehead atoms. The number of hydrogen-bond donors (Lipinski definition) is 2. The topological polar surface area (TPSA) is 80.9 Å². The van der Waals surface area contributed by atoms with Crippen LogP contribution >= 0.6 is 0 Å². The predicted molar refractivity (Wildman–Crippen MR) is 125 cm³/mol. The van der Waals surface area contributed by atoms with Crippen LogP contribution in [-0.2, 0) is 13.1 Å². The monoisotopic (exact) mass is 434 g/mol. The molecule has 1 heterocycles. The van der Waals surface area contributed by atoms with E-state index in [1.165, 1.54) is 12.8 Å². The Morgan fingerprint density at radius 1 is 1.06 bits per heavy atom. The summed E-state index contributed by atoms with van der Waals surface area (Å²) in [6, 6.07) is 17.8. The van der Waals surface area contributed by atoms with Crippen molar-refractivity contribution in [3.63, 3.8) is 0 Å². The number of aromatic nitrogens is 1. The van der Waals surface area contributed by atoms with Gasteiger partial charge in [0.1, 0.15) is 5.69 Å². The maximum Gasteiger partial charge on any atom is 0.191 e. The van der Waals surface area contributed by atoms with Crippen molar-refractivity contribution in [1.82, 2.24) is 15.8 Å². The average Bonchev–Trinajstić information content (AvgIpc) is 3.53. The average molecular weight is 435 g/mol. The van der Waals surface area contributed by atoms with Gasteiger partial charge in [0.2, 0.25) is 0 Å². The summed E-state index contributed by atoms with van der Waals surface area (Å²) in [6.07, 6.45) is 4.89. The van der Waals surface area contributed by atoms with E-state index in [1.54, 1.807) is 14.2 Å². The van der Waals surface area contributed by atoms with Crippen LogP contribution < -0.4 is 20.1 Å². The van der Waals surface area contributed by atoms with Crippen LogP contribution in [0.3, 0.4) is 0 Å². The van der Waals surface area contributed by atoms with E-state index < -0.39 is 0 Å². The van der Waals surface area contributed by atoms with Crippen molar-refractivity contribution in [3.05, 3.63) is 65.9 Å². The SMILES string of the molecule is CN=C(NCc1cc(-c2ccccc2)on1)NCc1cccc(OC)c1OC1CCCC1. The summed E-state index contributed by atoms with van der Waals surface area (Å²) >= 11 is 0. The number of methoxy groups -OCH3 is 1. The molecule has 168 valence electrons. The zero-order valence-electron chi connectivity index (χ0n) is 18.6. The molecule has 0 spiro atoms. The molecule has 0 saturated heterocycles. The Hall–Kier alpha value is -3.48. The van der Waals surface area contributed by atoms with Crippen molar-refractivity contribution in [2.75, 3.05) is 14.2 Å². The van der Waals surface area contributed by atoms with E-state index in [9.17, 15) is 0 Å². The van der Waals surface area contributed by atoms with Crippen LogP contribution in [0.5, 0.6) is 11.5 Å². The second-order valence-electron chi connectivity index (χ2n) is 7.80. The predicted octanol–water partition coefficient (Wildman–Crippen LogP) is 4.54.